The molecule has 3 aliphatic rings. The van der Waals surface area contributed by atoms with Crippen LogP contribution in [0.5, 0.6) is 5.88 Å². The molecule has 2 saturated heterocycles. The van der Waals surface area contributed by atoms with E-state index in [2.05, 4.69) is 45.3 Å². The van der Waals surface area contributed by atoms with Crippen molar-refractivity contribution in [2.75, 3.05) is 29.4 Å². The number of carbonyl (C=O) groups is 1. The van der Waals surface area contributed by atoms with Crippen LogP contribution in [-0.4, -0.2) is 77.1 Å². The minimum atomic E-state index is -4.18. The summed E-state index contributed by atoms with van der Waals surface area (Å²) in [7, 11) is -4.18. The molecule has 7 rings (SSSR count). The van der Waals surface area contributed by atoms with Crippen LogP contribution in [-0.2, 0) is 21.3 Å². The van der Waals surface area contributed by atoms with Gasteiger partial charge in [-0.1, -0.05) is 45.0 Å². The van der Waals surface area contributed by atoms with Crippen LogP contribution in [0.25, 0.3) is 11.3 Å². The molecule has 1 N–H and O–H groups in total. The van der Waals surface area contributed by atoms with Crippen LogP contribution in [0.1, 0.15) is 60.8 Å². The summed E-state index contributed by atoms with van der Waals surface area (Å²) in [5.41, 5.74) is 3.98. The molecule has 2 fully saturated rings. The molecule has 13 heteroatoms. The summed E-state index contributed by atoms with van der Waals surface area (Å²) in [5.74, 6) is 0.473. The number of amides is 1. The van der Waals surface area contributed by atoms with Crippen molar-refractivity contribution in [3.63, 3.8) is 0 Å². The summed E-state index contributed by atoms with van der Waals surface area (Å²) < 4.78 is 42.1. The summed E-state index contributed by atoms with van der Waals surface area (Å²) in [4.78, 5) is 36.9. The number of ether oxygens (including phenoxy) is 2. The van der Waals surface area contributed by atoms with E-state index in [0.29, 0.717) is 17.8 Å². The van der Waals surface area contributed by atoms with Crippen LogP contribution in [0, 0.1) is 19.3 Å². The second kappa shape index (κ2) is 12.7. The summed E-state index contributed by atoms with van der Waals surface area (Å²) in [6.07, 6.45) is 5.16. The molecule has 0 aliphatic carbocycles. The highest BCUT2D eigenvalue weighted by molar-refractivity contribution is 7.92. The lowest BCUT2D eigenvalue weighted by Crippen LogP contribution is -2.58. The Morgan fingerprint density at radius 3 is 2.53 bits per heavy atom. The Kier molecular flexibility index (Phi) is 8.52. The molecule has 256 valence electrons. The molecule has 12 nitrogen and oxygen atoms in total. The Morgan fingerprint density at radius 2 is 1.78 bits per heavy atom. The molecule has 0 spiro atoms. The zero-order chi connectivity index (χ0) is 34.5. The molecule has 4 aromatic rings. The lowest BCUT2D eigenvalue weighted by atomic mass is 9.87. The maximum Gasteiger partial charge on any atom is 0.264 e. The van der Waals surface area contributed by atoms with E-state index < -0.39 is 16.1 Å². The van der Waals surface area contributed by atoms with Gasteiger partial charge >= 0.3 is 0 Å². The van der Waals surface area contributed by atoms with Gasteiger partial charge in [-0.25, -0.2) is 23.1 Å². The fourth-order valence-electron chi connectivity index (χ4n) is 6.95. The highest BCUT2D eigenvalue weighted by Gasteiger charge is 2.44. The van der Waals surface area contributed by atoms with E-state index in [9.17, 15) is 13.2 Å². The Balaban J connectivity index is 1.31. The molecule has 0 radical (unpaired) electrons. The van der Waals surface area contributed by atoms with Crippen LogP contribution in [0.15, 0.2) is 65.8 Å². The van der Waals surface area contributed by atoms with Gasteiger partial charge < -0.3 is 19.3 Å². The molecule has 3 atom stereocenters. The number of nitrogens with zero attached hydrogens (tertiary/aromatic N) is 6. The van der Waals surface area contributed by atoms with E-state index in [0.717, 1.165) is 42.1 Å². The molecule has 0 unspecified atom stereocenters. The number of benzene rings is 2. The zero-order valence-corrected chi connectivity index (χ0v) is 29.2. The van der Waals surface area contributed by atoms with E-state index >= 15 is 0 Å². The first kappa shape index (κ1) is 32.9. The Bertz CT molecular complexity index is 1990. The number of rotatable bonds is 5. The van der Waals surface area contributed by atoms with E-state index in [4.69, 9.17) is 14.5 Å². The van der Waals surface area contributed by atoms with Crippen molar-refractivity contribution < 1.29 is 22.7 Å². The molecule has 5 heterocycles. The fourth-order valence-corrected chi connectivity index (χ4v) is 7.94. The van der Waals surface area contributed by atoms with Gasteiger partial charge in [0.15, 0.2) is 0 Å². The molecule has 0 saturated carbocycles. The van der Waals surface area contributed by atoms with Crippen molar-refractivity contribution in [1.82, 2.24) is 24.8 Å². The minimum absolute atomic E-state index is 0.0821. The number of hydrogen-bond donors (Lipinski definition) is 1. The van der Waals surface area contributed by atoms with Gasteiger partial charge in [0.2, 0.25) is 11.8 Å². The number of sulfonamides is 1. The second-order valence-corrected chi connectivity index (χ2v) is 15.9. The number of aromatic nitrogens is 4. The normalized spacial score (nSPS) is 21.7. The Hall–Kier alpha value is -4.62. The Morgan fingerprint density at radius 1 is 1.00 bits per heavy atom. The minimum Gasteiger partial charge on any atom is -0.475 e. The van der Waals surface area contributed by atoms with E-state index in [1.807, 2.05) is 32.0 Å². The van der Waals surface area contributed by atoms with Gasteiger partial charge in [0.05, 0.1) is 53.4 Å². The van der Waals surface area contributed by atoms with Crippen LogP contribution >= 0.6 is 0 Å². The maximum atomic E-state index is 14.5. The SMILES string of the molecule is Cc1cccc(C)c1-c1cc2nc(n1)NS(=O)(=O)c1cccc(c1)C(=O)N(Cc1cncc(N3C[C@H]4OCC[C@H]43)n1)[C@H](CC(C)(C)C)CO2. The standard InChI is InChI=1S/C36H41N7O5S/c1-22-8-6-9-23(2)33(22)28-15-32-40-35(39-28)41-49(45,46)27-11-7-10-24(14-27)34(44)42(26(21-48-32)16-36(3,4)5)19-25-17-37-18-31(38-25)43-20-30-29(43)12-13-47-30/h6-11,14-15,17-18,26,29-30H,12-13,16,19-21H2,1-5H3,(H,39,40,41)/t26-,29-,30-/m1/s1. The molecular weight excluding hydrogens is 643 g/mol. The average Bonchev–Trinajstić information content (AvgIpc) is 3.40. The van der Waals surface area contributed by atoms with Crippen LogP contribution in [0.2, 0.25) is 0 Å². The van der Waals surface area contributed by atoms with Crippen molar-refractivity contribution in [2.45, 2.75) is 77.1 Å². The lowest BCUT2D eigenvalue weighted by molar-refractivity contribution is 0.0509. The van der Waals surface area contributed by atoms with Crippen molar-refractivity contribution in [1.29, 1.82) is 0 Å². The summed E-state index contributed by atoms with van der Waals surface area (Å²) in [6, 6.07) is 13.5. The number of hydrogen-bond acceptors (Lipinski definition) is 10. The highest BCUT2D eigenvalue weighted by Crippen LogP contribution is 2.34. The largest absolute Gasteiger partial charge is 0.475 e. The first-order valence-corrected chi connectivity index (χ1v) is 18.0. The van der Waals surface area contributed by atoms with Gasteiger partial charge in [0.1, 0.15) is 12.4 Å². The van der Waals surface area contributed by atoms with Crippen LogP contribution < -0.4 is 14.4 Å². The van der Waals surface area contributed by atoms with Crippen molar-refractivity contribution in [2.24, 2.45) is 5.41 Å². The molecule has 2 aromatic carbocycles. The molecule has 1 amide bonds. The zero-order valence-electron chi connectivity index (χ0n) is 28.4. The quantitative estimate of drug-likeness (QED) is 0.300. The number of carbonyl (C=O) groups excluding carboxylic acids is 1. The van der Waals surface area contributed by atoms with E-state index in [1.165, 1.54) is 12.1 Å². The predicted molar refractivity (Wildman–Crippen MR) is 185 cm³/mol. The van der Waals surface area contributed by atoms with Gasteiger partial charge in [0.25, 0.3) is 15.9 Å². The van der Waals surface area contributed by atoms with Crippen molar-refractivity contribution in [3.8, 4) is 17.1 Å². The third-order valence-electron chi connectivity index (χ3n) is 9.28. The third kappa shape index (κ3) is 6.82. The summed E-state index contributed by atoms with van der Waals surface area (Å²) >= 11 is 0. The number of fused-ring (bicyclic) bond motifs is 5. The Labute approximate surface area is 287 Å². The molecular formula is C36H41N7O5S. The topological polar surface area (TPSA) is 140 Å². The predicted octanol–water partition coefficient (Wildman–Crippen LogP) is 5.17. The average molecular weight is 684 g/mol. The number of anilines is 2. The van der Waals surface area contributed by atoms with E-state index in [-0.39, 0.29) is 58.9 Å². The van der Waals surface area contributed by atoms with Crippen molar-refractivity contribution in [3.05, 3.63) is 83.3 Å². The summed E-state index contributed by atoms with van der Waals surface area (Å²) in [5, 5.41) is 0. The fraction of sp³-hybridized carbons (Fsp3) is 0.417. The second-order valence-electron chi connectivity index (χ2n) is 14.3. The van der Waals surface area contributed by atoms with Crippen LogP contribution in [0.4, 0.5) is 11.8 Å². The number of nitrogens with one attached hydrogen (secondary N) is 1. The van der Waals surface area contributed by atoms with E-state index in [1.54, 1.807) is 35.5 Å². The van der Waals surface area contributed by atoms with Crippen molar-refractivity contribution >= 4 is 27.7 Å². The van der Waals surface area contributed by atoms with Gasteiger partial charge in [-0.15, -0.1) is 0 Å². The highest BCUT2D eigenvalue weighted by atomic mass is 32.2. The molecule has 2 aromatic heterocycles. The van der Waals surface area contributed by atoms with Crippen LogP contribution in [0.3, 0.4) is 0 Å². The lowest BCUT2D eigenvalue weighted by Gasteiger charge is -2.43. The maximum absolute atomic E-state index is 14.5. The summed E-state index contributed by atoms with van der Waals surface area (Å²) in [6.45, 7) is 12.0. The van der Waals surface area contributed by atoms with Gasteiger partial charge in [-0.05, 0) is 61.4 Å². The first-order valence-electron chi connectivity index (χ1n) is 16.6. The smallest absolute Gasteiger partial charge is 0.264 e. The third-order valence-corrected chi connectivity index (χ3v) is 10.6. The van der Waals surface area contributed by atoms with Gasteiger partial charge in [-0.3, -0.25) is 9.78 Å². The molecule has 4 bridgehead atoms. The van der Waals surface area contributed by atoms with Gasteiger partial charge in [0, 0.05) is 30.3 Å². The number of aryl methyl sites for hydroxylation is 2. The molecule has 3 aliphatic heterocycles. The van der Waals surface area contributed by atoms with Gasteiger partial charge in [-0.2, -0.15) is 4.98 Å². The molecule has 49 heavy (non-hydrogen) atoms. The monoisotopic (exact) mass is 683 g/mol. The first-order chi connectivity index (χ1) is 23.3.